The summed E-state index contributed by atoms with van der Waals surface area (Å²) in [6.07, 6.45) is 2.99. The zero-order valence-corrected chi connectivity index (χ0v) is 15.4. The Balaban J connectivity index is 2.08. The van der Waals surface area contributed by atoms with Crippen LogP contribution in [0.5, 0.6) is 11.5 Å². The van der Waals surface area contributed by atoms with Gasteiger partial charge < -0.3 is 23.9 Å². The molecular weight excluding hydrogens is 350 g/mol. The predicted octanol–water partition coefficient (Wildman–Crippen LogP) is 2.84. The summed E-state index contributed by atoms with van der Waals surface area (Å²) in [6.45, 7) is 2.88. The van der Waals surface area contributed by atoms with Crippen molar-refractivity contribution in [2.45, 2.75) is 6.92 Å². The number of aromatic nitrogens is 3. The van der Waals surface area contributed by atoms with E-state index >= 15 is 0 Å². The van der Waals surface area contributed by atoms with Crippen LogP contribution in [0.4, 0.5) is 0 Å². The summed E-state index contributed by atoms with van der Waals surface area (Å²) < 4.78 is 21.3. The van der Waals surface area contributed by atoms with Gasteiger partial charge in [0.1, 0.15) is 41.2 Å². The van der Waals surface area contributed by atoms with E-state index in [1.54, 1.807) is 33.4 Å². The van der Waals surface area contributed by atoms with Crippen molar-refractivity contribution in [1.82, 2.24) is 15.0 Å². The molecule has 0 aliphatic carbocycles. The lowest BCUT2D eigenvalue weighted by atomic mass is 10.1. The third kappa shape index (κ3) is 3.85. The molecule has 142 valence electrons. The molecule has 1 N–H and O–H groups in total. The Kier molecular flexibility index (Phi) is 5.87. The van der Waals surface area contributed by atoms with Crippen molar-refractivity contribution in [2.75, 3.05) is 34.0 Å². The number of hydrogen-bond acceptors (Lipinski definition) is 7. The summed E-state index contributed by atoms with van der Waals surface area (Å²) in [5.74, 6) is 0.827. The van der Waals surface area contributed by atoms with Crippen LogP contribution in [-0.4, -0.2) is 55.0 Å². The van der Waals surface area contributed by atoms with Gasteiger partial charge in [0.05, 0.1) is 25.8 Å². The van der Waals surface area contributed by atoms with Crippen LogP contribution in [0, 0.1) is 0 Å². The minimum atomic E-state index is -0.431. The van der Waals surface area contributed by atoms with E-state index < -0.39 is 5.97 Å². The summed E-state index contributed by atoms with van der Waals surface area (Å²) >= 11 is 0. The minimum absolute atomic E-state index is 0.291. The molecular formula is C19H21N3O5. The van der Waals surface area contributed by atoms with E-state index in [0.717, 1.165) is 5.56 Å². The third-order valence-electron chi connectivity index (χ3n) is 3.95. The first-order chi connectivity index (χ1) is 13.2. The summed E-state index contributed by atoms with van der Waals surface area (Å²) in [7, 11) is 3.20. The average molecular weight is 371 g/mol. The van der Waals surface area contributed by atoms with Gasteiger partial charge in [0, 0.05) is 24.9 Å². The number of esters is 1. The minimum Gasteiger partial charge on any atom is -0.497 e. The van der Waals surface area contributed by atoms with Crippen molar-refractivity contribution in [3.8, 4) is 22.8 Å². The molecule has 1 aromatic carbocycles. The molecule has 0 unspecified atom stereocenters. The average Bonchev–Trinajstić information content (AvgIpc) is 3.13. The lowest BCUT2D eigenvalue weighted by Gasteiger charge is -2.13. The number of H-pyrrole nitrogens is 1. The van der Waals surface area contributed by atoms with E-state index in [1.165, 1.54) is 6.33 Å². The largest absolute Gasteiger partial charge is 0.497 e. The van der Waals surface area contributed by atoms with Crippen molar-refractivity contribution in [1.29, 1.82) is 0 Å². The maximum atomic E-state index is 12.1. The SMILES string of the molecule is CCOC(=O)c1c[nH]c2c(-c3ccc(OC)cc3OCCOC)ncnc12. The Hall–Kier alpha value is -3.13. The van der Waals surface area contributed by atoms with Gasteiger partial charge in [-0.3, -0.25) is 0 Å². The molecule has 27 heavy (non-hydrogen) atoms. The van der Waals surface area contributed by atoms with Gasteiger partial charge in [0.2, 0.25) is 0 Å². The molecule has 0 saturated heterocycles. The third-order valence-corrected chi connectivity index (χ3v) is 3.95. The van der Waals surface area contributed by atoms with E-state index in [9.17, 15) is 4.79 Å². The van der Waals surface area contributed by atoms with Gasteiger partial charge in [-0.25, -0.2) is 14.8 Å². The van der Waals surface area contributed by atoms with Crippen LogP contribution in [-0.2, 0) is 9.47 Å². The topological polar surface area (TPSA) is 95.6 Å². The van der Waals surface area contributed by atoms with E-state index in [-0.39, 0.29) is 0 Å². The fourth-order valence-corrected chi connectivity index (χ4v) is 2.69. The molecule has 2 heterocycles. The summed E-state index contributed by atoms with van der Waals surface area (Å²) in [4.78, 5) is 23.8. The Labute approximate surface area is 156 Å². The van der Waals surface area contributed by atoms with Crippen molar-refractivity contribution >= 4 is 17.0 Å². The number of benzene rings is 1. The maximum absolute atomic E-state index is 12.1. The number of hydrogen-bond donors (Lipinski definition) is 1. The van der Waals surface area contributed by atoms with E-state index in [4.69, 9.17) is 18.9 Å². The maximum Gasteiger partial charge on any atom is 0.341 e. The van der Waals surface area contributed by atoms with Gasteiger partial charge in [-0.05, 0) is 19.1 Å². The number of nitrogens with zero attached hydrogens (tertiary/aromatic N) is 2. The molecule has 8 heteroatoms. The van der Waals surface area contributed by atoms with Crippen molar-refractivity contribution in [2.24, 2.45) is 0 Å². The number of ether oxygens (including phenoxy) is 4. The highest BCUT2D eigenvalue weighted by Gasteiger charge is 2.19. The first-order valence-electron chi connectivity index (χ1n) is 8.49. The summed E-state index contributed by atoms with van der Waals surface area (Å²) in [5, 5.41) is 0. The van der Waals surface area contributed by atoms with Crippen LogP contribution in [0.15, 0.2) is 30.7 Å². The van der Waals surface area contributed by atoms with E-state index in [0.29, 0.717) is 53.6 Å². The highest BCUT2D eigenvalue weighted by Crippen LogP contribution is 2.35. The van der Waals surface area contributed by atoms with E-state index in [2.05, 4.69) is 15.0 Å². The zero-order chi connectivity index (χ0) is 19.2. The number of nitrogens with one attached hydrogen (secondary N) is 1. The molecule has 0 radical (unpaired) electrons. The molecule has 3 aromatic rings. The van der Waals surface area contributed by atoms with Crippen molar-refractivity contribution < 1.29 is 23.7 Å². The Morgan fingerprint density at radius 1 is 1.19 bits per heavy atom. The smallest absolute Gasteiger partial charge is 0.341 e. The van der Waals surface area contributed by atoms with Gasteiger partial charge in [0.15, 0.2) is 0 Å². The van der Waals surface area contributed by atoms with Crippen LogP contribution < -0.4 is 9.47 Å². The number of rotatable bonds is 8. The summed E-state index contributed by atoms with van der Waals surface area (Å²) in [6, 6.07) is 5.46. The number of carbonyl (C=O) groups excluding carboxylic acids is 1. The van der Waals surface area contributed by atoms with E-state index in [1.807, 2.05) is 12.1 Å². The molecule has 2 aromatic heterocycles. The van der Waals surface area contributed by atoms with Gasteiger partial charge in [-0.2, -0.15) is 0 Å². The first-order valence-corrected chi connectivity index (χ1v) is 8.49. The Morgan fingerprint density at radius 2 is 2.04 bits per heavy atom. The van der Waals surface area contributed by atoms with Gasteiger partial charge in [-0.1, -0.05) is 0 Å². The predicted molar refractivity (Wildman–Crippen MR) is 99.2 cm³/mol. The second-order valence-electron chi connectivity index (χ2n) is 5.57. The molecule has 0 amide bonds. The highest BCUT2D eigenvalue weighted by molar-refractivity contribution is 6.05. The second kappa shape index (κ2) is 8.50. The fraction of sp³-hybridized carbons (Fsp3) is 0.316. The Morgan fingerprint density at radius 3 is 2.78 bits per heavy atom. The van der Waals surface area contributed by atoms with Gasteiger partial charge >= 0.3 is 5.97 Å². The molecule has 0 aliphatic heterocycles. The quantitative estimate of drug-likeness (QED) is 0.480. The van der Waals surface area contributed by atoms with Crippen LogP contribution in [0.3, 0.4) is 0 Å². The standard InChI is InChI=1S/C19H21N3O5/c1-4-26-19(23)14-10-20-18-16(21-11-22-17(14)18)13-6-5-12(25-3)9-15(13)27-8-7-24-2/h5-6,9-11,20H,4,7-8H2,1-3H3. The molecule has 8 nitrogen and oxygen atoms in total. The normalized spacial score (nSPS) is 10.8. The van der Waals surface area contributed by atoms with Gasteiger partial charge in [0.25, 0.3) is 0 Å². The number of fused-ring (bicyclic) bond motifs is 1. The molecule has 0 bridgehead atoms. The number of methoxy groups -OCH3 is 2. The number of aromatic amines is 1. The monoisotopic (exact) mass is 371 g/mol. The lowest BCUT2D eigenvalue weighted by molar-refractivity contribution is 0.0528. The van der Waals surface area contributed by atoms with Gasteiger partial charge in [-0.15, -0.1) is 0 Å². The second-order valence-corrected chi connectivity index (χ2v) is 5.57. The molecule has 0 atom stereocenters. The van der Waals surface area contributed by atoms with Crippen LogP contribution in [0.25, 0.3) is 22.3 Å². The van der Waals surface area contributed by atoms with Crippen LogP contribution in [0.2, 0.25) is 0 Å². The summed E-state index contributed by atoms with van der Waals surface area (Å²) in [5.41, 5.74) is 2.85. The molecule has 0 spiro atoms. The molecule has 3 rings (SSSR count). The number of carbonyl (C=O) groups is 1. The first kappa shape index (κ1) is 18.7. The highest BCUT2D eigenvalue weighted by atomic mass is 16.5. The van der Waals surface area contributed by atoms with Crippen molar-refractivity contribution in [3.63, 3.8) is 0 Å². The Bertz CT molecular complexity index is 938. The van der Waals surface area contributed by atoms with Crippen molar-refractivity contribution in [3.05, 3.63) is 36.3 Å². The molecule has 0 fully saturated rings. The fourth-order valence-electron chi connectivity index (χ4n) is 2.69. The molecule has 0 saturated carbocycles. The van der Waals surface area contributed by atoms with Crippen LogP contribution >= 0.6 is 0 Å². The zero-order valence-electron chi connectivity index (χ0n) is 15.4. The van der Waals surface area contributed by atoms with Crippen LogP contribution in [0.1, 0.15) is 17.3 Å². The molecule has 0 aliphatic rings. The lowest BCUT2D eigenvalue weighted by Crippen LogP contribution is -2.06.